The fourth-order valence-electron chi connectivity index (χ4n) is 1.38. The summed E-state index contributed by atoms with van der Waals surface area (Å²) in [5, 5.41) is 6.80. The van der Waals surface area contributed by atoms with Crippen LogP contribution in [0.3, 0.4) is 0 Å². The van der Waals surface area contributed by atoms with E-state index in [0.717, 1.165) is 4.83 Å². The Morgan fingerprint density at radius 3 is 3.07 bits per heavy atom. The number of fused-ring (bicyclic) bond motifs is 1. The lowest BCUT2D eigenvalue weighted by molar-refractivity contribution is 0.561. The molecule has 2 aromatic heterocycles. The Kier molecular flexibility index (Phi) is 2.51. The van der Waals surface area contributed by atoms with Crippen molar-refractivity contribution in [2.45, 2.75) is 13.0 Å². The first-order valence-electron chi connectivity index (χ1n) is 4.18. The molecule has 0 fully saturated rings. The van der Waals surface area contributed by atoms with E-state index < -0.39 is 16.3 Å². The zero-order chi connectivity index (χ0) is 11.1. The van der Waals surface area contributed by atoms with Crippen molar-refractivity contribution >= 4 is 26.4 Å². The van der Waals surface area contributed by atoms with Gasteiger partial charge in [0.2, 0.25) is 0 Å². The third kappa shape index (κ3) is 2.17. The molecule has 2 aromatic rings. The minimum atomic E-state index is -3.70. The van der Waals surface area contributed by atoms with Crippen molar-refractivity contribution in [3.63, 3.8) is 0 Å². The summed E-state index contributed by atoms with van der Waals surface area (Å²) < 4.78 is 25.8. The number of nitrogens with two attached hydrogens (primary N) is 1. The highest BCUT2D eigenvalue weighted by atomic mass is 32.2. The van der Waals surface area contributed by atoms with E-state index in [-0.39, 0.29) is 0 Å². The highest BCUT2D eigenvalue weighted by Gasteiger charge is 2.16. The SMILES string of the molecule is C[C@@H](NS(N)(=O)=O)c1ncc2sccn12. The highest BCUT2D eigenvalue weighted by molar-refractivity contribution is 7.87. The molecule has 82 valence electrons. The van der Waals surface area contributed by atoms with Crippen molar-refractivity contribution in [2.75, 3.05) is 0 Å². The van der Waals surface area contributed by atoms with Crippen LogP contribution in [0, 0.1) is 0 Å². The van der Waals surface area contributed by atoms with Gasteiger partial charge in [0, 0.05) is 11.6 Å². The molecule has 6 nitrogen and oxygen atoms in total. The van der Waals surface area contributed by atoms with Crippen LogP contribution in [0.4, 0.5) is 0 Å². The molecule has 0 amide bonds. The van der Waals surface area contributed by atoms with E-state index >= 15 is 0 Å². The Morgan fingerprint density at radius 2 is 2.40 bits per heavy atom. The van der Waals surface area contributed by atoms with Crippen molar-refractivity contribution in [3.8, 4) is 0 Å². The van der Waals surface area contributed by atoms with Gasteiger partial charge in [-0.3, -0.25) is 4.40 Å². The standard InChI is InChI=1S/C7H10N4O2S2/c1-5(10-15(8,12)13)7-9-4-6-11(7)2-3-14-6/h2-5,10H,1H3,(H2,8,12,13)/t5-/m1/s1. The molecule has 0 saturated carbocycles. The van der Waals surface area contributed by atoms with Gasteiger partial charge in [0.1, 0.15) is 10.7 Å². The van der Waals surface area contributed by atoms with Crippen LogP contribution in [-0.4, -0.2) is 17.8 Å². The van der Waals surface area contributed by atoms with E-state index in [0.29, 0.717) is 5.82 Å². The monoisotopic (exact) mass is 246 g/mol. The third-order valence-corrected chi connectivity index (χ3v) is 3.40. The molecular formula is C7H10N4O2S2. The molecule has 2 rings (SSSR count). The largest absolute Gasteiger partial charge is 0.293 e. The Labute approximate surface area is 90.9 Å². The van der Waals surface area contributed by atoms with E-state index in [1.165, 1.54) is 11.3 Å². The number of hydrogen-bond acceptors (Lipinski definition) is 4. The van der Waals surface area contributed by atoms with Crippen LogP contribution in [0.1, 0.15) is 18.8 Å². The van der Waals surface area contributed by atoms with Crippen molar-refractivity contribution < 1.29 is 8.42 Å². The van der Waals surface area contributed by atoms with Gasteiger partial charge in [-0.05, 0) is 6.92 Å². The summed E-state index contributed by atoms with van der Waals surface area (Å²) in [6, 6.07) is -0.447. The second-order valence-corrected chi connectivity index (χ2v) is 5.36. The van der Waals surface area contributed by atoms with Crippen molar-refractivity contribution in [1.82, 2.24) is 14.1 Å². The maximum absolute atomic E-state index is 10.8. The Bertz CT molecular complexity index is 571. The highest BCUT2D eigenvalue weighted by Crippen LogP contribution is 2.18. The molecule has 15 heavy (non-hydrogen) atoms. The quantitative estimate of drug-likeness (QED) is 0.813. The van der Waals surface area contributed by atoms with Crippen LogP contribution in [-0.2, 0) is 10.2 Å². The Morgan fingerprint density at radius 1 is 1.67 bits per heavy atom. The summed E-state index contributed by atoms with van der Waals surface area (Å²) in [5.74, 6) is 0.625. The lowest BCUT2D eigenvalue weighted by Gasteiger charge is -2.09. The molecule has 0 aliphatic heterocycles. The predicted molar refractivity (Wildman–Crippen MR) is 57.7 cm³/mol. The normalized spacial score (nSPS) is 14.5. The van der Waals surface area contributed by atoms with E-state index in [4.69, 9.17) is 5.14 Å². The van der Waals surface area contributed by atoms with Gasteiger partial charge in [0.15, 0.2) is 0 Å². The molecule has 8 heteroatoms. The summed E-state index contributed by atoms with van der Waals surface area (Å²) in [4.78, 5) is 5.10. The first kappa shape index (κ1) is 10.6. The fraction of sp³-hybridized carbons (Fsp3) is 0.286. The Hall–Kier alpha value is -0.960. The summed E-state index contributed by atoms with van der Waals surface area (Å²) in [6.07, 6.45) is 3.53. The van der Waals surface area contributed by atoms with Gasteiger partial charge in [-0.25, -0.2) is 10.1 Å². The summed E-state index contributed by atoms with van der Waals surface area (Å²) >= 11 is 1.54. The average molecular weight is 246 g/mol. The van der Waals surface area contributed by atoms with Crippen molar-refractivity contribution in [2.24, 2.45) is 5.14 Å². The molecule has 0 unspecified atom stereocenters. The third-order valence-electron chi connectivity index (χ3n) is 1.92. The van der Waals surface area contributed by atoms with Crippen LogP contribution in [0.2, 0.25) is 0 Å². The first-order valence-corrected chi connectivity index (χ1v) is 6.60. The van der Waals surface area contributed by atoms with Gasteiger partial charge >= 0.3 is 0 Å². The zero-order valence-corrected chi connectivity index (χ0v) is 9.55. The summed E-state index contributed by atoms with van der Waals surface area (Å²) in [5.41, 5.74) is 0. The molecule has 0 aliphatic carbocycles. The van der Waals surface area contributed by atoms with Gasteiger partial charge < -0.3 is 0 Å². The van der Waals surface area contributed by atoms with E-state index in [1.54, 1.807) is 13.1 Å². The number of nitrogens with one attached hydrogen (secondary N) is 1. The minimum absolute atomic E-state index is 0.447. The van der Waals surface area contributed by atoms with Gasteiger partial charge in [-0.15, -0.1) is 11.3 Å². The summed E-state index contributed by atoms with van der Waals surface area (Å²) in [6.45, 7) is 1.69. The molecule has 0 aliphatic rings. The predicted octanol–water partition coefficient (Wildman–Crippen LogP) is 0.250. The maximum atomic E-state index is 10.8. The second-order valence-electron chi connectivity index (χ2n) is 3.11. The molecule has 1 atom stereocenters. The number of imidazole rings is 1. The van der Waals surface area contributed by atoms with Gasteiger partial charge in [-0.2, -0.15) is 13.1 Å². The maximum Gasteiger partial charge on any atom is 0.275 e. The lowest BCUT2D eigenvalue weighted by atomic mass is 10.3. The smallest absolute Gasteiger partial charge is 0.275 e. The average Bonchev–Trinajstić information content (AvgIpc) is 2.57. The molecule has 3 N–H and O–H groups in total. The second kappa shape index (κ2) is 3.56. The fourth-order valence-corrected chi connectivity index (χ4v) is 2.68. The van der Waals surface area contributed by atoms with Crippen LogP contribution >= 0.6 is 11.3 Å². The molecular weight excluding hydrogens is 236 g/mol. The summed E-state index contributed by atoms with van der Waals surface area (Å²) in [7, 11) is -3.70. The lowest BCUT2D eigenvalue weighted by Crippen LogP contribution is -2.33. The van der Waals surface area contributed by atoms with Gasteiger partial charge in [0.05, 0.1) is 12.2 Å². The number of rotatable bonds is 3. The minimum Gasteiger partial charge on any atom is -0.293 e. The van der Waals surface area contributed by atoms with E-state index in [1.807, 2.05) is 16.0 Å². The van der Waals surface area contributed by atoms with E-state index in [2.05, 4.69) is 9.71 Å². The number of hydrogen-bond donors (Lipinski definition) is 2. The molecule has 0 saturated heterocycles. The molecule has 0 bridgehead atoms. The van der Waals surface area contributed by atoms with Crippen molar-refractivity contribution in [3.05, 3.63) is 23.6 Å². The molecule has 0 spiro atoms. The van der Waals surface area contributed by atoms with Crippen LogP contribution < -0.4 is 9.86 Å². The Balaban J connectivity index is 2.35. The van der Waals surface area contributed by atoms with Crippen LogP contribution in [0.15, 0.2) is 17.8 Å². The van der Waals surface area contributed by atoms with Gasteiger partial charge in [-0.1, -0.05) is 0 Å². The van der Waals surface area contributed by atoms with Crippen LogP contribution in [0.25, 0.3) is 4.83 Å². The number of aromatic nitrogens is 2. The molecule has 0 radical (unpaired) electrons. The van der Waals surface area contributed by atoms with Crippen molar-refractivity contribution in [1.29, 1.82) is 0 Å². The number of nitrogens with zero attached hydrogens (tertiary/aromatic N) is 2. The van der Waals surface area contributed by atoms with E-state index in [9.17, 15) is 8.42 Å². The van der Waals surface area contributed by atoms with Gasteiger partial charge in [0.25, 0.3) is 10.2 Å². The molecule has 0 aromatic carbocycles. The molecule has 2 heterocycles. The zero-order valence-electron chi connectivity index (χ0n) is 7.91. The number of thiazole rings is 1. The first-order chi connectivity index (χ1) is 6.97. The van der Waals surface area contributed by atoms with Crippen LogP contribution in [0.5, 0.6) is 0 Å². The topological polar surface area (TPSA) is 89.5 Å².